The third-order valence-corrected chi connectivity index (χ3v) is 3.85. The van der Waals surface area contributed by atoms with E-state index in [1.807, 2.05) is 30.3 Å². The summed E-state index contributed by atoms with van der Waals surface area (Å²) >= 11 is 3.50. The number of benzene rings is 2. The predicted octanol–water partition coefficient (Wildman–Crippen LogP) is 4.28. The van der Waals surface area contributed by atoms with E-state index in [0.29, 0.717) is 5.69 Å². The molecule has 0 saturated carbocycles. The van der Waals surface area contributed by atoms with Crippen LogP contribution in [0.1, 0.15) is 12.5 Å². The Hall–Kier alpha value is -2.14. The molecule has 0 aliphatic heterocycles. The first-order chi connectivity index (χ1) is 10.2. The van der Waals surface area contributed by atoms with Gasteiger partial charge in [0, 0.05) is 21.2 Å². The highest BCUT2D eigenvalue weighted by molar-refractivity contribution is 9.10. The summed E-state index contributed by atoms with van der Waals surface area (Å²) in [6, 6.07) is 11.8. The highest BCUT2D eigenvalue weighted by atomic mass is 79.9. The summed E-state index contributed by atoms with van der Waals surface area (Å²) in [5, 5.41) is 4.31. The molecule has 3 rings (SSSR count). The molecule has 1 heterocycles. The molecule has 3 N–H and O–H groups in total. The molecule has 0 fully saturated rings. The van der Waals surface area contributed by atoms with Gasteiger partial charge in [-0.3, -0.25) is 0 Å². The van der Waals surface area contributed by atoms with Crippen molar-refractivity contribution in [2.24, 2.45) is 0 Å². The van der Waals surface area contributed by atoms with Crippen molar-refractivity contribution in [2.75, 3.05) is 11.1 Å². The Morgan fingerprint density at radius 3 is 2.81 bits per heavy atom. The first kappa shape index (κ1) is 13.8. The van der Waals surface area contributed by atoms with Gasteiger partial charge in [0.25, 0.3) is 0 Å². The zero-order valence-corrected chi connectivity index (χ0v) is 13.2. The van der Waals surface area contributed by atoms with Crippen LogP contribution in [0.4, 0.5) is 17.2 Å². The molecule has 106 valence electrons. The minimum absolute atomic E-state index is 0.701. The average Bonchev–Trinajstić information content (AvgIpc) is 2.49. The van der Waals surface area contributed by atoms with Crippen LogP contribution in [0.25, 0.3) is 10.9 Å². The third kappa shape index (κ3) is 2.83. The average molecular weight is 343 g/mol. The van der Waals surface area contributed by atoms with E-state index < -0.39 is 0 Å². The lowest BCUT2D eigenvalue weighted by molar-refractivity contribution is 1.13. The van der Waals surface area contributed by atoms with Gasteiger partial charge in [0.05, 0.1) is 5.52 Å². The van der Waals surface area contributed by atoms with E-state index in [1.54, 1.807) is 6.33 Å². The van der Waals surface area contributed by atoms with E-state index in [-0.39, 0.29) is 0 Å². The Labute approximate surface area is 131 Å². The van der Waals surface area contributed by atoms with E-state index in [2.05, 4.69) is 44.2 Å². The zero-order chi connectivity index (χ0) is 14.8. The molecule has 4 nitrogen and oxygen atoms in total. The van der Waals surface area contributed by atoms with Gasteiger partial charge in [0.1, 0.15) is 12.1 Å². The van der Waals surface area contributed by atoms with Crippen LogP contribution in [-0.2, 0) is 6.42 Å². The number of nitrogens with two attached hydrogens (primary N) is 1. The molecule has 0 unspecified atom stereocenters. The Bertz CT molecular complexity index is 801. The van der Waals surface area contributed by atoms with Crippen LogP contribution in [0.15, 0.2) is 47.2 Å². The lowest BCUT2D eigenvalue weighted by Gasteiger charge is -2.12. The maximum absolute atomic E-state index is 5.87. The summed E-state index contributed by atoms with van der Waals surface area (Å²) in [7, 11) is 0. The lowest BCUT2D eigenvalue weighted by Crippen LogP contribution is -1.99. The van der Waals surface area contributed by atoms with Crippen molar-refractivity contribution in [3.8, 4) is 0 Å². The molecule has 0 saturated heterocycles. The van der Waals surface area contributed by atoms with Crippen molar-refractivity contribution < 1.29 is 0 Å². The summed E-state index contributed by atoms with van der Waals surface area (Å²) < 4.78 is 1.07. The first-order valence-electron chi connectivity index (χ1n) is 6.73. The monoisotopic (exact) mass is 342 g/mol. The van der Waals surface area contributed by atoms with Crippen LogP contribution in [0.5, 0.6) is 0 Å². The summed E-state index contributed by atoms with van der Waals surface area (Å²) in [5.41, 5.74) is 9.71. The van der Waals surface area contributed by atoms with Crippen LogP contribution in [0.3, 0.4) is 0 Å². The Morgan fingerprint density at radius 2 is 2.00 bits per heavy atom. The van der Waals surface area contributed by atoms with Crippen molar-refractivity contribution in [1.29, 1.82) is 0 Å². The number of halogens is 1. The number of nitrogens with zero attached hydrogens (tertiary/aromatic N) is 2. The summed E-state index contributed by atoms with van der Waals surface area (Å²) in [4.78, 5) is 8.62. The van der Waals surface area contributed by atoms with E-state index >= 15 is 0 Å². The van der Waals surface area contributed by atoms with Crippen molar-refractivity contribution >= 4 is 44.0 Å². The highest BCUT2D eigenvalue weighted by Gasteiger charge is 2.07. The second kappa shape index (κ2) is 5.69. The molecule has 0 bridgehead atoms. The largest absolute Gasteiger partial charge is 0.399 e. The molecule has 3 aromatic rings. The van der Waals surface area contributed by atoms with Crippen molar-refractivity contribution in [2.45, 2.75) is 13.3 Å². The van der Waals surface area contributed by atoms with Crippen LogP contribution >= 0.6 is 15.9 Å². The van der Waals surface area contributed by atoms with Gasteiger partial charge in [-0.25, -0.2) is 9.97 Å². The quantitative estimate of drug-likeness (QED) is 0.697. The van der Waals surface area contributed by atoms with Gasteiger partial charge in [0.2, 0.25) is 0 Å². The lowest BCUT2D eigenvalue weighted by atomic mass is 10.1. The molecule has 21 heavy (non-hydrogen) atoms. The third-order valence-electron chi connectivity index (χ3n) is 3.36. The molecule has 0 aliphatic rings. The van der Waals surface area contributed by atoms with Gasteiger partial charge in [-0.15, -0.1) is 0 Å². The maximum atomic E-state index is 5.87. The molecule has 0 amide bonds. The molecule has 0 atom stereocenters. The second-order valence-electron chi connectivity index (χ2n) is 4.78. The number of nitrogens with one attached hydrogen (secondary N) is 1. The van der Waals surface area contributed by atoms with E-state index in [4.69, 9.17) is 5.73 Å². The summed E-state index contributed by atoms with van der Waals surface area (Å²) in [6.45, 7) is 2.13. The van der Waals surface area contributed by atoms with Crippen molar-refractivity contribution in [3.63, 3.8) is 0 Å². The maximum Gasteiger partial charge on any atom is 0.141 e. The van der Waals surface area contributed by atoms with Crippen molar-refractivity contribution in [3.05, 3.63) is 52.8 Å². The number of anilines is 3. The van der Waals surface area contributed by atoms with Crippen LogP contribution < -0.4 is 11.1 Å². The van der Waals surface area contributed by atoms with Gasteiger partial charge in [-0.2, -0.15) is 0 Å². The van der Waals surface area contributed by atoms with Gasteiger partial charge in [-0.05, 0) is 48.4 Å². The fourth-order valence-electron chi connectivity index (χ4n) is 2.28. The second-order valence-corrected chi connectivity index (χ2v) is 5.69. The van der Waals surface area contributed by atoms with Gasteiger partial charge in [-0.1, -0.05) is 22.9 Å². The van der Waals surface area contributed by atoms with E-state index in [9.17, 15) is 0 Å². The number of rotatable bonds is 3. The molecule has 0 aliphatic carbocycles. The SMILES string of the molecule is CCc1cc(Br)ccc1Nc1ncnc2ccc(N)cc12. The highest BCUT2D eigenvalue weighted by Crippen LogP contribution is 2.28. The van der Waals surface area contributed by atoms with Crippen molar-refractivity contribution in [1.82, 2.24) is 9.97 Å². The van der Waals surface area contributed by atoms with Crippen LogP contribution in [0, 0.1) is 0 Å². The fraction of sp³-hybridized carbons (Fsp3) is 0.125. The number of aromatic nitrogens is 2. The Kier molecular flexibility index (Phi) is 3.75. The molecule has 0 spiro atoms. The standard InChI is InChI=1S/C16H15BrN4/c1-2-10-7-11(17)3-5-14(10)21-16-13-8-12(18)4-6-15(13)19-9-20-16/h3-9H,2,18H2,1H3,(H,19,20,21). The summed E-state index contributed by atoms with van der Waals surface area (Å²) in [5.74, 6) is 0.768. The van der Waals surface area contributed by atoms with Gasteiger partial charge in [0.15, 0.2) is 0 Å². The summed E-state index contributed by atoms with van der Waals surface area (Å²) in [6.07, 6.45) is 2.50. The minimum Gasteiger partial charge on any atom is -0.399 e. The number of fused-ring (bicyclic) bond motifs is 1. The number of nitrogen functional groups attached to an aromatic ring is 1. The number of hydrogen-bond donors (Lipinski definition) is 2. The smallest absolute Gasteiger partial charge is 0.141 e. The fourth-order valence-corrected chi connectivity index (χ4v) is 2.69. The predicted molar refractivity (Wildman–Crippen MR) is 90.8 cm³/mol. The normalized spacial score (nSPS) is 10.8. The van der Waals surface area contributed by atoms with E-state index in [1.165, 1.54) is 5.56 Å². The first-order valence-corrected chi connectivity index (χ1v) is 7.52. The molecule has 5 heteroatoms. The molecular weight excluding hydrogens is 328 g/mol. The Morgan fingerprint density at radius 1 is 1.14 bits per heavy atom. The number of aryl methyl sites for hydroxylation is 1. The van der Waals surface area contributed by atoms with E-state index in [0.717, 1.165) is 33.3 Å². The molecular formula is C16H15BrN4. The van der Waals surface area contributed by atoms with Crippen LogP contribution in [0.2, 0.25) is 0 Å². The minimum atomic E-state index is 0.701. The zero-order valence-electron chi connectivity index (χ0n) is 11.6. The van der Waals surface area contributed by atoms with Gasteiger partial charge < -0.3 is 11.1 Å². The molecule has 0 radical (unpaired) electrons. The molecule has 1 aromatic heterocycles. The van der Waals surface area contributed by atoms with Gasteiger partial charge >= 0.3 is 0 Å². The van der Waals surface area contributed by atoms with Crippen LogP contribution in [-0.4, -0.2) is 9.97 Å². The topological polar surface area (TPSA) is 63.8 Å². The number of hydrogen-bond acceptors (Lipinski definition) is 4. The molecule has 2 aromatic carbocycles. The Balaban J connectivity index is 2.08.